The van der Waals surface area contributed by atoms with E-state index < -0.39 is 0 Å². The number of carbonyl (C=O) groups excluding carboxylic acids is 1. The van der Waals surface area contributed by atoms with E-state index in [-0.39, 0.29) is 11.7 Å². The van der Waals surface area contributed by atoms with Gasteiger partial charge in [0.1, 0.15) is 0 Å². The second-order valence-corrected chi connectivity index (χ2v) is 6.65. The summed E-state index contributed by atoms with van der Waals surface area (Å²) >= 11 is 0. The van der Waals surface area contributed by atoms with Gasteiger partial charge in [-0.3, -0.25) is 10.1 Å². The Bertz CT molecular complexity index is 340. The maximum atomic E-state index is 12.8. The van der Waals surface area contributed by atoms with Crippen molar-refractivity contribution >= 4 is 5.91 Å². The smallest absolute Gasteiger partial charge is 0.244 e. The van der Waals surface area contributed by atoms with Gasteiger partial charge < -0.3 is 14.5 Å². The summed E-state index contributed by atoms with van der Waals surface area (Å²) in [5, 5.41) is 3.64. The van der Waals surface area contributed by atoms with Crippen LogP contribution in [0.25, 0.3) is 0 Å². The van der Waals surface area contributed by atoms with Gasteiger partial charge in [-0.2, -0.15) is 0 Å². The molecule has 122 valence electrons. The zero-order valence-electron chi connectivity index (χ0n) is 13.9. The highest BCUT2D eigenvalue weighted by Gasteiger charge is 2.51. The van der Waals surface area contributed by atoms with Gasteiger partial charge in [0, 0.05) is 13.1 Å². The first kappa shape index (κ1) is 16.7. The number of amides is 1. The molecule has 2 fully saturated rings. The molecule has 2 rings (SSSR count). The number of nitrogens with zero attached hydrogens (tertiary/aromatic N) is 2. The van der Waals surface area contributed by atoms with Crippen LogP contribution in [0.4, 0.5) is 0 Å². The number of hydrogen-bond acceptors (Lipinski definition) is 4. The molecule has 1 spiro atoms. The molecule has 1 saturated heterocycles. The number of ether oxygens (including phenoxy) is 1. The van der Waals surface area contributed by atoms with Gasteiger partial charge in [-0.05, 0) is 33.4 Å². The normalized spacial score (nSPS) is 24.7. The van der Waals surface area contributed by atoms with Gasteiger partial charge >= 0.3 is 0 Å². The Hall–Kier alpha value is -0.650. The minimum absolute atomic E-state index is 0.207. The van der Waals surface area contributed by atoms with Gasteiger partial charge in [0.05, 0.1) is 24.9 Å². The molecule has 0 aromatic heterocycles. The molecule has 0 radical (unpaired) electrons. The lowest BCUT2D eigenvalue weighted by Gasteiger charge is -2.24. The van der Waals surface area contributed by atoms with E-state index in [2.05, 4.69) is 17.1 Å². The van der Waals surface area contributed by atoms with Gasteiger partial charge in [0.2, 0.25) is 5.91 Å². The van der Waals surface area contributed by atoms with E-state index in [0.717, 1.165) is 38.8 Å². The first-order chi connectivity index (χ1) is 10.1. The number of carbonyl (C=O) groups is 1. The number of likely N-dealkylation sites (N-methyl/N-ethyl adjacent to an activating group) is 1. The molecule has 1 saturated carbocycles. The average Bonchev–Trinajstić information content (AvgIpc) is 3.00. The van der Waals surface area contributed by atoms with E-state index in [4.69, 9.17) is 4.74 Å². The van der Waals surface area contributed by atoms with Crippen LogP contribution in [0.1, 0.15) is 45.4 Å². The van der Waals surface area contributed by atoms with Crippen molar-refractivity contribution in [3.8, 4) is 0 Å². The van der Waals surface area contributed by atoms with Crippen LogP contribution in [0.2, 0.25) is 0 Å². The largest absolute Gasteiger partial charge is 0.378 e. The van der Waals surface area contributed by atoms with Gasteiger partial charge in [0.25, 0.3) is 0 Å². The molecular weight excluding hydrogens is 266 g/mol. The summed E-state index contributed by atoms with van der Waals surface area (Å²) in [7, 11) is 4.08. The molecule has 1 N–H and O–H groups in total. The standard InChI is InChI=1S/C16H31N3O2/c1-4-7-14-17-16(8-5-6-9-16)15(20)19(14)11-13-21-12-10-18(2)3/h14,17H,4-13H2,1-3H3. The Labute approximate surface area is 129 Å². The van der Waals surface area contributed by atoms with Crippen molar-refractivity contribution in [2.45, 2.75) is 57.2 Å². The van der Waals surface area contributed by atoms with Crippen LogP contribution in [-0.2, 0) is 9.53 Å². The molecule has 1 aliphatic carbocycles. The SMILES string of the molecule is CCCC1NC2(CCCC2)C(=O)N1CCOCCN(C)C. The fraction of sp³-hybridized carbons (Fsp3) is 0.938. The molecular formula is C16H31N3O2. The van der Waals surface area contributed by atoms with Crippen molar-refractivity contribution in [1.82, 2.24) is 15.1 Å². The molecule has 1 unspecified atom stereocenters. The topological polar surface area (TPSA) is 44.8 Å². The van der Waals surface area contributed by atoms with Crippen LogP contribution in [0.5, 0.6) is 0 Å². The van der Waals surface area contributed by atoms with E-state index in [0.29, 0.717) is 19.1 Å². The summed E-state index contributed by atoms with van der Waals surface area (Å²) in [5.41, 5.74) is -0.247. The van der Waals surface area contributed by atoms with Gasteiger partial charge in [-0.25, -0.2) is 0 Å². The fourth-order valence-corrected chi connectivity index (χ4v) is 3.48. The number of nitrogens with one attached hydrogen (secondary N) is 1. The van der Waals surface area contributed by atoms with Crippen molar-refractivity contribution in [2.75, 3.05) is 40.4 Å². The van der Waals surface area contributed by atoms with Gasteiger partial charge in [-0.1, -0.05) is 26.2 Å². The number of hydrogen-bond donors (Lipinski definition) is 1. The van der Waals surface area contributed by atoms with E-state index in [1.54, 1.807) is 0 Å². The Morgan fingerprint density at radius 3 is 2.67 bits per heavy atom. The first-order valence-electron chi connectivity index (χ1n) is 8.40. The summed E-state index contributed by atoms with van der Waals surface area (Å²) in [6.07, 6.45) is 6.69. The van der Waals surface area contributed by atoms with Crippen molar-refractivity contribution in [3.05, 3.63) is 0 Å². The Morgan fingerprint density at radius 1 is 1.33 bits per heavy atom. The molecule has 0 bridgehead atoms. The summed E-state index contributed by atoms with van der Waals surface area (Å²) in [6.45, 7) is 5.18. The fourth-order valence-electron chi connectivity index (χ4n) is 3.48. The highest BCUT2D eigenvalue weighted by Crippen LogP contribution is 2.37. The molecule has 1 aliphatic heterocycles. The van der Waals surface area contributed by atoms with Crippen molar-refractivity contribution in [1.29, 1.82) is 0 Å². The Balaban J connectivity index is 1.84. The van der Waals surface area contributed by atoms with Crippen molar-refractivity contribution in [2.24, 2.45) is 0 Å². The summed E-state index contributed by atoms with van der Waals surface area (Å²) in [5.74, 6) is 0.314. The lowest BCUT2D eigenvalue weighted by atomic mass is 9.98. The predicted molar refractivity (Wildman–Crippen MR) is 84.1 cm³/mol. The molecule has 5 nitrogen and oxygen atoms in total. The number of rotatable bonds is 8. The monoisotopic (exact) mass is 297 g/mol. The molecule has 5 heteroatoms. The third-order valence-corrected chi connectivity index (χ3v) is 4.67. The van der Waals surface area contributed by atoms with Gasteiger partial charge in [-0.15, -0.1) is 0 Å². The van der Waals surface area contributed by atoms with Crippen molar-refractivity contribution < 1.29 is 9.53 Å². The second-order valence-electron chi connectivity index (χ2n) is 6.65. The molecule has 1 amide bonds. The minimum Gasteiger partial charge on any atom is -0.378 e. The van der Waals surface area contributed by atoms with E-state index in [1.807, 2.05) is 19.0 Å². The third-order valence-electron chi connectivity index (χ3n) is 4.67. The van der Waals surface area contributed by atoms with Gasteiger partial charge in [0.15, 0.2) is 0 Å². The summed E-state index contributed by atoms with van der Waals surface area (Å²) in [4.78, 5) is 16.9. The second kappa shape index (κ2) is 7.56. The van der Waals surface area contributed by atoms with E-state index in [9.17, 15) is 4.79 Å². The van der Waals surface area contributed by atoms with E-state index in [1.165, 1.54) is 12.8 Å². The van der Waals surface area contributed by atoms with Crippen LogP contribution in [0, 0.1) is 0 Å². The predicted octanol–water partition coefficient (Wildman–Crippen LogP) is 1.44. The zero-order valence-corrected chi connectivity index (χ0v) is 13.9. The van der Waals surface area contributed by atoms with Crippen LogP contribution in [0.15, 0.2) is 0 Å². The maximum Gasteiger partial charge on any atom is 0.244 e. The Kier molecular flexibility index (Phi) is 6.02. The lowest BCUT2D eigenvalue weighted by molar-refractivity contribution is -0.134. The molecule has 1 heterocycles. The lowest BCUT2D eigenvalue weighted by Crippen LogP contribution is -2.44. The maximum absolute atomic E-state index is 12.8. The molecule has 1 atom stereocenters. The summed E-state index contributed by atoms with van der Waals surface area (Å²) in [6, 6.07) is 0. The molecule has 2 aliphatic rings. The van der Waals surface area contributed by atoms with Crippen LogP contribution >= 0.6 is 0 Å². The van der Waals surface area contributed by atoms with E-state index >= 15 is 0 Å². The first-order valence-corrected chi connectivity index (χ1v) is 8.40. The summed E-state index contributed by atoms with van der Waals surface area (Å²) < 4.78 is 5.67. The third kappa shape index (κ3) is 3.96. The van der Waals surface area contributed by atoms with Crippen LogP contribution < -0.4 is 5.32 Å². The zero-order chi connectivity index (χ0) is 15.3. The molecule has 0 aromatic carbocycles. The molecule has 21 heavy (non-hydrogen) atoms. The highest BCUT2D eigenvalue weighted by atomic mass is 16.5. The highest BCUT2D eigenvalue weighted by molar-refractivity contribution is 5.89. The molecule has 0 aromatic rings. The average molecular weight is 297 g/mol. The van der Waals surface area contributed by atoms with Crippen molar-refractivity contribution in [3.63, 3.8) is 0 Å². The Morgan fingerprint density at radius 2 is 2.05 bits per heavy atom. The van der Waals surface area contributed by atoms with Crippen LogP contribution in [-0.4, -0.2) is 67.8 Å². The minimum atomic E-state index is -0.247. The quantitative estimate of drug-likeness (QED) is 0.689. The van der Waals surface area contributed by atoms with Crippen LogP contribution in [0.3, 0.4) is 0 Å².